The molecule has 10 heteroatoms. The third kappa shape index (κ3) is 2.92. The average Bonchev–Trinajstić information content (AvgIpc) is 3.12. The van der Waals surface area contributed by atoms with Gasteiger partial charge >= 0.3 is 5.69 Å². The maximum absolute atomic E-state index is 12.3. The first-order valence-corrected chi connectivity index (χ1v) is 7.85. The van der Waals surface area contributed by atoms with Crippen molar-refractivity contribution in [2.24, 2.45) is 0 Å². The molecule has 0 saturated heterocycles. The summed E-state index contributed by atoms with van der Waals surface area (Å²) in [6.45, 7) is 0. The predicted octanol–water partition coefficient (Wildman–Crippen LogP) is 0.434. The number of thioether (sulfide) groups is 1. The zero-order valence-corrected chi connectivity index (χ0v) is 12.6. The first-order chi connectivity index (χ1) is 10.6. The van der Waals surface area contributed by atoms with E-state index in [9.17, 15) is 9.90 Å². The molecule has 2 N–H and O–H groups in total. The summed E-state index contributed by atoms with van der Waals surface area (Å²) in [7, 11) is 0. The van der Waals surface area contributed by atoms with Gasteiger partial charge in [-0.05, 0) is 4.68 Å². The Kier molecular flexibility index (Phi) is 4.02. The summed E-state index contributed by atoms with van der Waals surface area (Å²) in [6, 6.07) is 8.80. The SMILES string of the molecule is Nc1nnc(SCC(=O)c2c([O-])on[n+]2-c2ccccc2)s1. The quantitative estimate of drug-likeness (QED) is 0.405. The van der Waals surface area contributed by atoms with Gasteiger partial charge in [0, 0.05) is 12.1 Å². The molecule has 0 aliphatic rings. The lowest BCUT2D eigenvalue weighted by Crippen LogP contribution is -2.39. The van der Waals surface area contributed by atoms with E-state index in [0.717, 1.165) is 11.8 Å². The number of hydrogen-bond donors (Lipinski definition) is 1. The molecule has 0 atom stereocenters. The number of aromatic nitrogens is 4. The van der Waals surface area contributed by atoms with Crippen molar-refractivity contribution in [1.82, 2.24) is 15.5 Å². The van der Waals surface area contributed by atoms with E-state index in [1.54, 1.807) is 24.3 Å². The molecule has 8 nitrogen and oxygen atoms in total. The van der Waals surface area contributed by atoms with Gasteiger partial charge in [-0.15, -0.1) is 10.2 Å². The molecular formula is C12H9N5O3S2. The van der Waals surface area contributed by atoms with E-state index < -0.39 is 11.7 Å². The van der Waals surface area contributed by atoms with Crippen LogP contribution in [0.15, 0.2) is 39.2 Å². The van der Waals surface area contributed by atoms with E-state index >= 15 is 0 Å². The Morgan fingerprint density at radius 1 is 1.36 bits per heavy atom. The third-order valence-electron chi connectivity index (χ3n) is 2.62. The van der Waals surface area contributed by atoms with Crippen molar-refractivity contribution in [1.29, 1.82) is 0 Å². The molecule has 112 valence electrons. The van der Waals surface area contributed by atoms with Gasteiger partial charge in [0.2, 0.25) is 16.6 Å². The Labute approximate surface area is 132 Å². The second-order valence-corrected chi connectivity index (χ2v) is 6.31. The molecule has 22 heavy (non-hydrogen) atoms. The standard InChI is InChI=1S/C12H9N5O3S2/c13-11-14-15-12(22-11)21-6-8(18)9-10(19)20-16-17(9)7-4-2-1-3-5-7/h1-5H,6H2,(H2-,13,14,16,18,19). The highest BCUT2D eigenvalue weighted by Gasteiger charge is 2.27. The van der Waals surface area contributed by atoms with Crippen LogP contribution in [0.1, 0.15) is 10.5 Å². The van der Waals surface area contributed by atoms with Crippen LogP contribution in [0.3, 0.4) is 0 Å². The maximum atomic E-state index is 12.3. The molecule has 1 aromatic carbocycles. The summed E-state index contributed by atoms with van der Waals surface area (Å²) >= 11 is 2.33. The summed E-state index contributed by atoms with van der Waals surface area (Å²) in [5, 5.41) is 23.1. The number of ketones is 1. The van der Waals surface area contributed by atoms with Crippen LogP contribution in [-0.2, 0) is 0 Å². The first-order valence-electron chi connectivity index (χ1n) is 6.04. The molecule has 3 rings (SSSR count). The van der Waals surface area contributed by atoms with Gasteiger partial charge < -0.3 is 15.4 Å². The molecule has 0 aliphatic heterocycles. The number of nitrogens with two attached hydrogens (primary N) is 1. The van der Waals surface area contributed by atoms with Crippen molar-refractivity contribution in [2.45, 2.75) is 4.34 Å². The van der Waals surface area contributed by atoms with Crippen LogP contribution in [0.2, 0.25) is 0 Å². The molecule has 0 saturated carbocycles. The number of carbonyl (C=O) groups excluding carboxylic acids is 1. The van der Waals surface area contributed by atoms with Crippen molar-refractivity contribution in [2.75, 3.05) is 11.5 Å². The van der Waals surface area contributed by atoms with Gasteiger partial charge in [0.25, 0.3) is 0 Å². The highest BCUT2D eigenvalue weighted by molar-refractivity contribution is 8.01. The number of rotatable bonds is 5. The number of Topliss-reactive ketones (excluding diaryl/α,β-unsaturated/α-hetero) is 1. The van der Waals surface area contributed by atoms with Gasteiger partial charge in [-0.3, -0.25) is 4.79 Å². The normalized spacial score (nSPS) is 10.7. The van der Waals surface area contributed by atoms with Crippen LogP contribution in [0.5, 0.6) is 5.95 Å². The van der Waals surface area contributed by atoms with E-state index in [-0.39, 0.29) is 11.4 Å². The molecule has 3 aromatic rings. The first kappa shape index (κ1) is 14.5. The molecule has 0 fully saturated rings. The van der Waals surface area contributed by atoms with Crippen LogP contribution in [0, 0.1) is 0 Å². The molecule has 2 heterocycles. The zero-order chi connectivity index (χ0) is 15.5. The maximum Gasteiger partial charge on any atom is 0.307 e. The van der Waals surface area contributed by atoms with Crippen molar-refractivity contribution < 1.29 is 19.1 Å². The number of benzene rings is 1. The molecule has 0 radical (unpaired) electrons. The summed E-state index contributed by atoms with van der Waals surface area (Å²) in [5.74, 6) is -1.17. The Morgan fingerprint density at radius 2 is 2.14 bits per heavy atom. The number of nitrogen functional groups attached to an aromatic ring is 1. The molecule has 0 spiro atoms. The van der Waals surface area contributed by atoms with Crippen LogP contribution in [0.4, 0.5) is 5.13 Å². The van der Waals surface area contributed by atoms with E-state index in [0.29, 0.717) is 15.2 Å². The average molecular weight is 335 g/mol. The summed E-state index contributed by atoms with van der Waals surface area (Å²) < 4.78 is 6.36. The van der Waals surface area contributed by atoms with Gasteiger partial charge in [0.05, 0.1) is 11.0 Å². The Bertz CT molecular complexity index is 802. The van der Waals surface area contributed by atoms with Crippen molar-refractivity contribution >= 4 is 34.0 Å². The number of anilines is 1. The molecule has 0 bridgehead atoms. The Hall–Kier alpha value is -2.46. The minimum Gasteiger partial charge on any atom is -0.539 e. The van der Waals surface area contributed by atoms with Gasteiger partial charge in [-0.25, -0.2) is 0 Å². The van der Waals surface area contributed by atoms with E-state index in [1.165, 1.54) is 16.0 Å². The van der Waals surface area contributed by atoms with Gasteiger partial charge in [-0.2, -0.15) is 0 Å². The van der Waals surface area contributed by atoms with Crippen molar-refractivity contribution in [3.05, 3.63) is 36.0 Å². The lowest BCUT2D eigenvalue weighted by atomic mass is 10.3. The molecule has 0 amide bonds. The number of hydrogen-bond acceptors (Lipinski definition) is 9. The second kappa shape index (κ2) is 6.12. The number of para-hydroxylation sites is 1. The molecule has 2 aromatic heterocycles. The van der Waals surface area contributed by atoms with Crippen LogP contribution >= 0.6 is 23.1 Å². The predicted molar refractivity (Wildman–Crippen MR) is 76.9 cm³/mol. The number of carbonyl (C=O) groups is 1. The van der Waals surface area contributed by atoms with Gasteiger partial charge in [0.1, 0.15) is 0 Å². The van der Waals surface area contributed by atoms with E-state index in [2.05, 4.69) is 20.0 Å². The third-order valence-corrected chi connectivity index (χ3v) is 4.51. The fraction of sp³-hybridized carbons (Fsp3) is 0.0833. The second-order valence-electron chi connectivity index (χ2n) is 4.07. The largest absolute Gasteiger partial charge is 0.539 e. The summed E-state index contributed by atoms with van der Waals surface area (Å²) in [5.41, 5.74) is 5.91. The monoisotopic (exact) mass is 335 g/mol. The molecular weight excluding hydrogens is 326 g/mol. The van der Waals surface area contributed by atoms with Crippen molar-refractivity contribution in [3.63, 3.8) is 0 Å². The minimum atomic E-state index is -0.772. The van der Waals surface area contributed by atoms with Gasteiger partial charge in [-0.1, -0.05) is 41.3 Å². The minimum absolute atomic E-state index is 0.0118. The lowest BCUT2D eigenvalue weighted by Gasteiger charge is -1.97. The zero-order valence-electron chi connectivity index (χ0n) is 11.0. The summed E-state index contributed by atoms with van der Waals surface area (Å²) in [6.07, 6.45) is 0. The topological polar surface area (TPSA) is 122 Å². The van der Waals surface area contributed by atoms with Crippen molar-refractivity contribution in [3.8, 4) is 11.6 Å². The Balaban J connectivity index is 1.82. The Morgan fingerprint density at radius 3 is 2.82 bits per heavy atom. The number of nitrogens with zero attached hydrogens (tertiary/aromatic N) is 4. The fourth-order valence-corrected chi connectivity index (χ4v) is 3.20. The van der Waals surface area contributed by atoms with Gasteiger partial charge in [0.15, 0.2) is 10.3 Å². The van der Waals surface area contributed by atoms with Crippen LogP contribution in [0.25, 0.3) is 5.69 Å². The molecule has 0 unspecified atom stereocenters. The molecule has 0 aliphatic carbocycles. The summed E-state index contributed by atoms with van der Waals surface area (Å²) in [4.78, 5) is 12.3. The van der Waals surface area contributed by atoms with E-state index in [1.807, 2.05) is 6.07 Å². The highest BCUT2D eigenvalue weighted by atomic mass is 32.2. The highest BCUT2D eigenvalue weighted by Crippen LogP contribution is 2.24. The lowest BCUT2D eigenvalue weighted by molar-refractivity contribution is -0.672. The van der Waals surface area contributed by atoms with Crippen LogP contribution in [-0.4, -0.2) is 27.0 Å². The smallest absolute Gasteiger partial charge is 0.307 e. The van der Waals surface area contributed by atoms with E-state index in [4.69, 9.17) is 5.73 Å². The van der Waals surface area contributed by atoms with Crippen LogP contribution < -0.4 is 15.5 Å². The fourth-order valence-electron chi connectivity index (χ4n) is 1.70.